The summed E-state index contributed by atoms with van der Waals surface area (Å²) >= 11 is 0. The van der Waals surface area contributed by atoms with Gasteiger partial charge in [0.05, 0.1) is 4.90 Å². The Morgan fingerprint density at radius 2 is 1.75 bits per heavy atom. The van der Waals surface area contributed by atoms with Gasteiger partial charge in [0.25, 0.3) is 0 Å². The van der Waals surface area contributed by atoms with Gasteiger partial charge >= 0.3 is 0 Å². The molecule has 0 amide bonds. The molecule has 4 heteroatoms. The lowest BCUT2D eigenvalue weighted by molar-refractivity contribution is 0.246. The van der Waals surface area contributed by atoms with Gasteiger partial charge in [-0.3, -0.25) is 0 Å². The second kappa shape index (κ2) is 5.86. The summed E-state index contributed by atoms with van der Waals surface area (Å²) in [5, 5.41) is 0. The van der Waals surface area contributed by atoms with Crippen LogP contribution in [0.15, 0.2) is 17.0 Å². The molecule has 0 aromatic heterocycles. The fourth-order valence-electron chi connectivity index (χ4n) is 3.39. The highest BCUT2D eigenvalue weighted by atomic mass is 32.2. The third-order valence-electron chi connectivity index (χ3n) is 4.22. The van der Waals surface area contributed by atoms with E-state index < -0.39 is 10.0 Å². The van der Waals surface area contributed by atoms with Gasteiger partial charge in [0.15, 0.2) is 0 Å². The van der Waals surface area contributed by atoms with E-state index in [4.69, 9.17) is 0 Å². The molecule has 1 aromatic rings. The van der Waals surface area contributed by atoms with Crippen LogP contribution in [0.25, 0.3) is 0 Å². The summed E-state index contributed by atoms with van der Waals surface area (Å²) in [6.07, 6.45) is 3.99. The Balaban J connectivity index is 2.49. The van der Waals surface area contributed by atoms with Gasteiger partial charge in [-0.05, 0) is 51.2 Å². The van der Waals surface area contributed by atoms with Crippen LogP contribution in [0, 0.1) is 20.8 Å². The van der Waals surface area contributed by atoms with Crippen LogP contribution in [0.2, 0.25) is 0 Å². The van der Waals surface area contributed by atoms with Crippen molar-refractivity contribution in [1.29, 1.82) is 0 Å². The number of piperidine rings is 1. The number of sulfonamides is 1. The lowest BCUT2D eigenvalue weighted by atomic mass is 10.0. The van der Waals surface area contributed by atoms with Crippen molar-refractivity contribution < 1.29 is 8.42 Å². The van der Waals surface area contributed by atoms with Crippen LogP contribution in [0.4, 0.5) is 0 Å². The minimum Gasteiger partial charge on any atom is -0.207 e. The van der Waals surface area contributed by atoms with Gasteiger partial charge in [0.2, 0.25) is 10.0 Å². The highest BCUT2D eigenvalue weighted by Crippen LogP contribution is 2.30. The van der Waals surface area contributed by atoms with E-state index in [1.165, 1.54) is 0 Å². The predicted octanol–water partition coefficient (Wildman–Crippen LogP) is 3.57. The SMILES string of the molecule is CCC1CCCCN1S(=O)(=O)c1c(C)cc(C)cc1C. The van der Waals surface area contributed by atoms with Crippen LogP contribution in [0.1, 0.15) is 49.3 Å². The summed E-state index contributed by atoms with van der Waals surface area (Å²) in [7, 11) is -3.37. The molecule has 0 aliphatic carbocycles. The number of nitrogens with zero attached hydrogens (tertiary/aromatic N) is 1. The zero-order valence-corrected chi connectivity index (χ0v) is 13.8. The van der Waals surface area contributed by atoms with E-state index in [0.29, 0.717) is 11.4 Å². The van der Waals surface area contributed by atoms with Gasteiger partial charge in [-0.15, -0.1) is 0 Å². The topological polar surface area (TPSA) is 37.4 Å². The Labute approximate surface area is 123 Å². The maximum absolute atomic E-state index is 13.0. The number of rotatable bonds is 3. The van der Waals surface area contributed by atoms with Gasteiger partial charge < -0.3 is 0 Å². The standard InChI is InChI=1S/C16H25NO2S/c1-5-15-8-6-7-9-17(15)20(18,19)16-13(3)10-12(2)11-14(16)4/h10-11,15H,5-9H2,1-4H3. The number of hydrogen-bond acceptors (Lipinski definition) is 2. The van der Waals surface area contributed by atoms with Crippen molar-refractivity contribution in [3.8, 4) is 0 Å². The quantitative estimate of drug-likeness (QED) is 0.855. The Kier molecular flexibility index (Phi) is 4.55. The predicted molar refractivity (Wildman–Crippen MR) is 82.5 cm³/mol. The van der Waals surface area contributed by atoms with Crippen LogP contribution < -0.4 is 0 Å². The van der Waals surface area contributed by atoms with Crippen molar-refractivity contribution in [1.82, 2.24) is 4.31 Å². The van der Waals surface area contributed by atoms with E-state index in [9.17, 15) is 8.42 Å². The number of hydrogen-bond donors (Lipinski definition) is 0. The summed E-state index contributed by atoms with van der Waals surface area (Å²) in [6, 6.07) is 4.09. The van der Waals surface area contributed by atoms with Crippen molar-refractivity contribution in [3.05, 3.63) is 28.8 Å². The average molecular weight is 295 g/mol. The van der Waals surface area contributed by atoms with E-state index >= 15 is 0 Å². The summed E-state index contributed by atoms with van der Waals surface area (Å²) in [6.45, 7) is 8.54. The first-order valence-corrected chi connectivity index (χ1v) is 8.91. The van der Waals surface area contributed by atoms with E-state index in [-0.39, 0.29) is 6.04 Å². The van der Waals surface area contributed by atoms with E-state index in [1.54, 1.807) is 4.31 Å². The average Bonchev–Trinajstić information content (AvgIpc) is 2.37. The van der Waals surface area contributed by atoms with Crippen molar-refractivity contribution in [2.24, 2.45) is 0 Å². The molecular weight excluding hydrogens is 270 g/mol. The monoisotopic (exact) mass is 295 g/mol. The molecule has 112 valence electrons. The van der Waals surface area contributed by atoms with Crippen LogP contribution in [0.5, 0.6) is 0 Å². The molecule has 0 spiro atoms. The first-order valence-electron chi connectivity index (χ1n) is 7.47. The maximum atomic E-state index is 13.0. The first-order chi connectivity index (χ1) is 9.37. The number of aryl methyl sites for hydroxylation is 3. The largest absolute Gasteiger partial charge is 0.243 e. The summed E-state index contributed by atoms with van der Waals surface area (Å²) in [4.78, 5) is 0.517. The van der Waals surface area contributed by atoms with E-state index in [1.807, 2.05) is 32.9 Å². The molecule has 1 fully saturated rings. The fraction of sp³-hybridized carbons (Fsp3) is 0.625. The highest BCUT2D eigenvalue weighted by molar-refractivity contribution is 7.89. The smallest absolute Gasteiger partial charge is 0.207 e. The van der Waals surface area contributed by atoms with E-state index in [2.05, 4.69) is 6.92 Å². The van der Waals surface area contributed by atoms with Crippen molar-refractivity contribution in [3.63, 3.8) is 0 Å². The molecule has 2 rings (SSSR count). The summed E-state index contributed by atoms with van der Waals surface area (Å²) < 4.78 is 27.8. The Bertz CT molecular complexity index is 569. The Hall–Kier alpha value is -0.870. The van der Waals surface area contributed by atoms with Gasteiger partial charge in [-0.2, -0.15) is 4.31 Å². The van der Waals surface area contributed by atoms with Crippen molar-refractivity contribution >= 4 is 10.0 Å². The van der Waals surface area contributed by atoms with Gasteiger partial charge in [-0.1, -0.05) is 31.0 Å². The molecule has 0 bridgehead atoms. The van der Waals surface area contributed by atoms with Crippen molar-refractivity contribution in [2.45, 2.75) is 64.3 Å². The molecule has 1 aromatic carbocycles. The molecule has 1 unspecified atom stereocenters. The third-order valence-corrected chi connectivity index (χ3v) is 6.47. The molecular formula is C16H25NO2S. The van der Waals surface area contributed by atoms with Crippen LogP contribution >= 0.6 is 0 Å². The van der Waals surface area contributed by atoms with Gasteiger partial charge in [-0.25, -0.2) is 8.42 Å². The minimum atomic E-state index is -3.37. The highest BCUT2D eigenvalue weighted by Gasteiger charge is 2.34. The molecule has 3 nitrogen and oxygen atoms in total. The molecule has 0 saturated carbocycles. The van der Waals surface area contributed by atoms with Gasteiger partial charge in [0.1, 0.15) is 0 Å². The van der Waals surface area contributed by atoms with Gasteiger partial charge in [0, 0.05) is 12.6 Å². The first kappa shape index (κ1) is 15.5. The molecule has 1 heterocycles. The lowest BCUT2D eigenvalue weighted by Gasteiger charge is -2.34. The number of benzene rings is 1. The maximum Gasteiger partial charge on any atom is 0.243 e. The Morgan fingerprint density at radius 1 is 1.15 bits per heavy atom. The second-order valence-electron chi connectivity index (χ2n) is 5.90. The summed E-state index contributed by atoms with van der Waals surface area (Å²) in [5.41, 5.74) is 2.84. The molecule has 1 atom stereocenters. The minimum absolute atomic E-state index is 0.161. The zero-order chi connectivity index (χ0) is 14.9. The Morgan fingerprint density at radius 3 is 2.30 bits per heavy atom. The van der Waals surface area contributed by atoms with Crippen LogP contribution in [-0.4, -0.2) is 25.3 Å². The normalized spacial score (nSPS) is 21.1. The van der Waals surface area contributed by atoms with Crippen LogP contribution in [-0.2, 0) is 10.0 Å². The molecule has 1 aliphatic rings. The molecule has 0 N–H and O–H groups in total. The van der Waals surface area contributed by atoms with Crippen molar-refractivity contribution in [2.75, 3.05) is 6.54 Å². The lowest BCUT2D eigenvalue weighted by Crippen LogP contribution is -2.43. The molecule has 0 radical (unpaired) electrons. The molecule has 1 saturated heterocycles. The fourth-order valence-corrected chi connectivity index (χ4v) is 5.57. The summed E-state index contributed by atoms with van der Waals surface area (Å²) in [5.74, 6) is 0. The van der Waals surface area contributed by atoms with Crippen LogP contribution in [0.3, 0.4) is 0 Å². The molecule has 1 aliphatic heterocycles. The second-order valence-corrected chi connectivity index (χ2v) is 7.73. The zero-order valence-electron chi connectivity index (χ0n) is 12.9. The third kappa shape index (κ3) is 2.77. The van der Waals surface area contributed by atoms with E-state index in [0.717, 1.165) is 42.4 Å². The molecule has 20 heavy (non-hydrogen) atoms.